The van der Waals surface area contributed by atoms with Crippen LogP contribution in [0.2, 0.25) is 0 Å². The molecule has 0 amide bonds. The van der Waals surface area contributed by atoms with Crippen LogP contribution in [0.3, 0.4) is 0 Å². The third-order valence-electron chi connectivity index (χ3n) is 3.05. The van der Waals surface area contributed by atoms with Crippen molar-refractivity contribution in [1.29, 1.82) is 0 Å². The Morgan fingerprint density at radius 1 is 1.30 bits per heavy atom. The summed E-state index contributed by atoms with van der Waals surface area (Å²) in [6.45, 7) is 6.40. The van der Waals surface area contributed by atoms with Crippen LogP contribution in [0, 0.1) is 0 Å². The van der Waals surface area contributed by atoms with Crippen LogP contribution < -0.4 is 0 Å². The Morgan fingerprint density at radius 3 is 2.70 bits per heavy atom. The molecule has 0 aliphatic heterocycles. The van der Waals surface area contributed by atoms with E-state index in [0.29, 0.717) is 19.3 Å². The van der Waals surface area contributed by atoms with Crippen molar-refractivity contribution in [2.24, 2.45) is 0 Å². The minimum absolute atomic E-state index is 0.0474. The van der Waals surface area contributed by atoms with Crippen LogP contribution in [0.5, 0.6) is 0 Å². The predicted octanol–water partition coefficient (Wildman–Crippen LogP) is 3.58. The summed E-state index contributed by atoms with van der Waals surface area (Å²) in [6, 6.07) is 5.78. The Balaban J connectivity index is 1.87. The molecule has 106 valence electrons. The minimum Gasteiger partial charge on any atom is -0.299 e. The van der Waals surface area contributed by atoms with E-state index >= 15 is 0 Å². The smallest absolute Gasteiger partial charge is 0.140 e. The van der Waals surface area contributed by atoms with E-state index in [1.807, 2.05) is 18.2 Å². The Morgan fingerprint density at radius 2 is 2.10 bits per heavy atom. The first-order valence-corrected chi connectivity index (χ1v) is 7.69. The number of aromatic nitrogens is 2. The third kappa shape index (κ3) is 4.23. The average molecular weight is 288 g/mol. The summed E-state index contributed by atoms with van der Waals surface area (Å²) in [5.74, 6) is 0.227. The van der Waals surface area contributed by atoms with Crippen molar-refractivity contribution in [1.82, 2.24) is 9.97 Å². The molecule has 0 atom stereocenters. The summed E-state index contributed by atoms with van der Waals surface area (Å²) < 4.78 is 0. The molecule has 2 heterocycles. The molecule has 4 heteroatoms. The van der Waals surface area contributed by atoms with Gasteiger partial charge in [-0.05, 0) is 18.6 Å². The van der Waals surface area contributed by atoms with Gasteiger partial charge < -0.3 is 0 Å². The summed E-state index contributed by atoms with van der Waals surface area (Å²) in [5.41, 5.74) is 2.08. The lowest BCUT2D eigenvalue weighted by Crippen LogP contribution is -2.12. The zero-order valence-electron chi connectivity index (χ0n) is 12.2. The second-order valence-corrected chi connectivity index (χ2v) is 6.86. The zero-order valence-corrected chi connectivity index (χ0v) is 13.0. The highest BCUT2D eigenvalue weighted by molar-refractivity contribution is 7.09. The molecule has 0 saturated heterocycles. The molecule has 0 fully saturated rings. The molecule has 3 nitrogen and oxygen atoms in total. The van der Waals surface area contributed by atoms with Crippen LogP contribution in [0.1, 0.15) is 43.6 Å². The highest BCUT2D eigenvalue weighted by atomic mass is 32.1. The maximum Gasteiger partial charge on any atom is 0.140 e. The molecule has 2 rings (SSSR count). The second kappa shape index (κ2) is 6.27. The minimum atomic E-state index is 0.0474. The predicted molar refractivity (Wildman–Crippen MR) is 82.1 cm³/mol. The Kier molecular flexibility index (Phi) is 4.65. The van der Waals surface area contributed by atoms with Crippen LogP contribution in [0.15, 0.2) is 29.8 Å². The van der Waals surface area contributed by atoms with Gasteiger partial charge in [-0.15, -0.1) is 11.3 Å². The van der Waals surface area contributed by atoms with Crippen molar-refractivity contribution in [2.75, 3.05) is 0 Å². The van der Waals surface area contributed by atoms with Gasteiger partial charge in [-0.3, -0.25) is 9.78 Å². The molecule has 0 saturated carbocycles. The average Bonchev–Trinajstić information content (AvgIpc) is 2.86. The van der Waals surface area contributed by atoms with Crippen molar-refractivity contribution in [3.63, 3.8) is 0 Å². The SMILES string of the molecule is CC(C)(C)c1csc(CC(=O)CCc2ccccn2)n1. The summed E-state index contributed by atoms with van der Waals surface area (Å²) in [4.78, 5) is 20.8. The van der Waals surface area contributed by atoms with E-state index in [9.17, 15) is 4.79 Å². The van der Waals surface area contributed by atoms with Gasteiger partial charge in [0.05, 0.1) is 12.1 Å². The van der Waals surface area contributed by atoms with Crippen LogP contribution in [0.4, 0.5) is 0 Å². The summed E-state index contributed by atoms with van der Waals surface area (Å²) in [5, 5.41) is 2.97. The van der Waals surface area contributed by atoms with Gasteiger partial charge in [0.15, 0.2) is 0 Å². The summed E-state index contributed by atoms with van der Waals surface area (Å²) in [7, 11) is 0. The summed E-state index contributed by atoms with van der Waals surface area (Å²) >= 11 is 1.58. The number of rotatable bonds is 5. The maximum absolute atomic E-state index is 12.0. The van der Waals surface area contributed by atoms with Gasteiger partial charge in [0.1, 0.15) is 10.8 Å². The number of carbonyl (C=O) groups is 1. The second-order valence-electron chi connectivity index (χ2n) is 5.91. The molecule has 0 aliphatic carbocycles. The van der Waals surface area contributed by atoms with Gasteiger partial charge in [0.25, 0.3) is 0 Å². The van der Waals surface area contributed by atoms with Crippen LogP contribution in [-0.4, -0.2) is 15.8 Å². The molecular formula is C16H20N2OS. The molecule has 20 heavy (non-hydrogen) atoms. The molecule has 0 radical (unpaired) electrons. The topological polar surface area (TPSA) is 42.9 Å². The van der Waals surface area contributed by atoms with E-state index in [-0.39, 0.29) is 11.2 Å². The molecular weight excluding hydrogens is 268 g/mol. The third-order valence-corrected chi connectivity index (χ3v) is 3.90. The number of thiazole rings is 1. The fourth-order valence-electron chi connectivity index (χ4n) is 1.81. The largest absolute Gasteiger partial charge is 0.299 e. The van der Waals surface area contributed by atoms with Crippen molar-refractivity contribution in [3.8, 4) is 0 Å². The summed E-state index contributed by atoms with van der Waals surface area (Å²) in [6.07, 6.45) is 3.43. The van der Waals surface area contributed by atoms with E-state index in [2.05, 4.69) is 36.1 Å². The number of carbonyl (C=O) groups excluding carboxylic acids is 1. The number of ketones is 1. The molecule has 0 unspecified atom stereocenters. The van der Waals surface area contributed by atoms with Crippen molar-refractivity contribution in [3.05, 3.63) is 46.2 Å². The van der Waals surface area contributed by atoms with Crippen molar-refractivity contribution >= 4 is 17.1 Å². The van der Waals surface area contributed by atoms with Gasteiger partial charge in [-0.2, -0.15) is 0 Å². The Hall–Kier alpha value is -1.55. The fraction of sp³-hybridized carbons (Fsp3) is 0.438. The number of hydrogen-bond donors (Lipinski definition) is 0. The Labute approximate surface area is 124 Å². The van der Waals surface area contributed by atoms with E-state index in [0.717, 1.165) is 16.4 Å². The molecule has 0 bridgehead atoms. The molecule has 0 aromatic carbocycles. The van der Waals surface area contributed by atoms with Crippen LogP contribution in [0.25, 0.3) is 0 Å². The monoisotopic (exact) mass is 288 g/mol. The highest BCUT2D eigenvalue weighted by Crippen LogP contribution is 2.24. The van der Waals surface area contributed by atoms with E-state index < -0.39 is 0 Å². The molecule has 2 aromatic heterocycles. The van der Waals surface area contributed by atoms with Crippen LogP contribution in [-0.2, 0) is 23.1 Å². The van der Waals surface area contributed by atoms with E-state index in [1.54, 1.807) is 17.5 Å². The lowest BCUT2D eigenvalue weighted by atomic mass is 9.93. The first-order chi connectivity index (χ1) is 9.45. The van der Waals surface area contributed by atoms with Gasteiger partial charge in [0.2, 0.25) is 0 Å². The standard InChI is InChI=1S/C16H20N2OS/c1-16(2,3)14-11-20-15(18-14)10-13(19)8-7-12-6-4-5-9-17-12/h4-6,9,11H,7-8,10H2,1-3H3. The van der Waals surface area contributed by atoms with Gasteiger partial charge in [0, 0.05) is 29.1 Å². The normalized spacial score (nSPS) is 11.6. The van der Waals surface area contributed by atoms with Gasteiger partial charge in [-0.25, -0.2) is 4.98 Å². The Bertz CT molecular complexity index is 570. The quantitative estimate of drug-likeness (QED) is 0.844. The molecule has 0 aliphatic rings. The lowest BCUT2D eigenvalue weighted by Gasteiger charge is -2.14. The lowest BCUT2D eigenvalue weighted by molar-refractivity contribution is -0.118. The first kappa shape index (κ1) is 14.9. The molecule has 0 N–H and O–H groups in total. The zero-order chi connectivity index (χ0) is 14.6. The number of aryl methyl sites for hydroxylation is 1. The number of nitrogens with zero attached hydrogens (tertiary/aromatic N) is 2. The fourth-order valence-corrected chi connectivity index (χ4v) is 2.86. The number of hydrogen-bond acceptors (Lipinski definition) is 4. The van der Waals surface area contributed by atoms with Gasteiger partial charge >= 0.3 is 0 Å². The number of pyridine rings is 1. The highest BCUT2D eigenvalue weighted by Gasteiger charge is 2.18. The van der Waals surface area contributed by atoms with Gasteiger partial charge in [-0.1, -0.05) is 26.8 Å². The van der Waals surface area contributed by atoms with Crippen LogP contribution >= 0.6 is 11.3 Å². The van der Waals surface area contributed by atoms with E-state index in [4.69, 9.17) is 0 Å². The van der Waals surface area contributed by atoms with E-state index in [1.165, 1.54) is 0 Å². The molecule has 2 aromatic rings. The maximum atomic E-state index is 12.0. The first-order valence-electron chi connectivity index (χ1n) is 6.81. The number of Topliss-reactive ketones (excluding diaryl/α,β-unsaturated/α-hetero) is 1. The van der Waals surface area contributed by atoms with Crippen molar-refractivity contribution < 1.29 is 4.79 Å². The molecule has 0 spiro atoms. The van der Waals surface area contributed by atoms with Crippen molar-refractivity contribution in [2.45, 2.75) is 45.4 Å².